The quantitative estimate of drug-likeness (QED) is 0.638. The first kappa shape index (κ1) is 22.7. The Kier molecular flexibility index (Phi) is 6.87. The summed E-state index contributed by atoms with van der Waals surface area (Å²) in [6, 6.07) is 11.9. The molecule has 7 nitrogen and oxygen atoms in total. The van der Waals surface area contributed by atoms with E-state index in [4.69, 9.17) is 0 Å². The van der Waals surface area contributed by atoms with Gasteiger partial charge in [0.2, 0.25) is 17.7 Å². The molecule has 33 heavy (non-hydrogen) atoms. The Morgan fingerprint density at radius 2 is 1.97 bits per heavy atom. The highest BCUT2D eigenvalue weighted by atomic mass is 16.2. The number of hydrogen-bond acceptors (Lipinski definition) is 4. The highest BCUT2D eigenvalue weighted by molar-refractivity contribution is 5.90. The standard InChI is InChI=1S/C26H30N4O3/c1-3-11-29-12-13-30(26(33)22-15-24(31)28(2)17-22)18-21(25(29)32)14-19-7-4-5-9-23(19)20-8-6-10-27-16-20/h3-10,16,21-22H,1,11-15,17-18H2,2H3/t21-,22+/m1/s1. The number of nitrogens with zero attached hydrogens (tertiary/aromatic N) is 4. The van der Waals surface area contributed by atoms with Crippen LogP contribution in [0.25, 0.3) is 11.1 Å². The lowest BCUT2D eigenvalue weighted by molar-refractivity contribution is -0.137. The number of benzene rings is 1. The first-order valence-electron chi connectivity index (χ1n) is 11.4. The second-order valence-electron chi connectivity index (χ2n) is 8.83. The Morgan fingerprint density at radius 3 is 2.67 bits per heavy atom. The molecule has 0 bridgehead atoms. The molecule has 2 aliphatic rings. The second kappa shape index (κ2) is 9.98. The van der Waals surface area contributed by atoms with Gasteiger partial charge in [0.15, 0.2) is 0 Å². The number of hydrogen-bond donors (Lipinski definition) is 0. The molecule has 0 spiro atoms. The van der Waals surface area contributed by atoms with Gasteiger partial charge < -0.3 is 14.7 Å². The van der Waals surface area contributed by atoms with Crippen LogP contribution in [0.5, 0.6) is 0 Å². The predicted molar refractivity (Wildman–Crippen MR) is 126 cm³/mol. The molecule has 0 radical (unpaired) electrons. The summed E-state index contributed by atoms with van der Waals surface area (Å²) in [5, 5.41) is 0. The first-order valence-corrected chi connectivity index (χ1v) is 11.4. The van der Waals surface area contributed by atoms with Crippen molar-refractivity contribution in [1.82, 2.24) is 19.7 Å². The molecule has 2 saturated heterocycles. The number of aromatic nitrogens is 1. The molecule has 2 atom stereocenters. The van der Waals surface area contributed by atoms with Crippen molar-refractivity contribution in [3.8, 4) is 11.1 Å². The van der Waals surface area contributed by atoms with Crippen LogP contribution in [0.4, 0.5) is 0 Å². The molecule has 0 unspecified atom stereocenters. The lowest BCUT2D eigenvalue weighted by Gasteiger charge is -2.26. The summed E-state index contributed by atoms with van der Waals surface area (Å²) in [6.07, 6.45) is 6.04. The van der Waals surface area contributed by atoms with E-state index in [0.717, 1.165) is 16.7 Å². The Labute approximate surface area is 194 Å². The van der Waals surface area contributed by atoms with E-state index < -0.39 is 0 Å². The van der Waals surface area contributed by atoms with Crippen LogP contribution in [-0.2, 0) is 20.8 Å². The SMILES string of the molecule is C=CCN1CCN(C(=O)[C@H]2CC(=O)N(C)C2)C[C@@H](Cc2ccccc2-c2cccnc2)C1=O. The van der Waals surface area contributed by atoms with E-state index in [-0.39, 0.29) is 36.0 Å². The summed E-state index contributed by atoms with van der Waals surface area (Å²) in [5.41, 5.74) is 3.09. The maximum atomic E-state index is 13.4. The summed E-state index contributed by atoms with van der Waals surface area (Å²) < 4.78 is 0. The average Bonchev–Trinajstić information content (AvgIpc) is 3.09. The largest absolute Gasteiger partial charge is 0.345 e. The highest BCUT2D eigenvalue weighted by Crippen LogP contribution is 2.28. The van der Waals surface area contributed by atoms with Crippen LogP contribution in [0.15, 0.2) is 61.4 Å². The minimum absolute atomic E-state index is 0.00511. The fraction of sp³-hybridized carbons (Fsp3) is 0.385. The van der Waals surface area contributed by atoms with Gasteiger partial charge in [-0.15, -0.1) is 6.58 Å². The van der Waals surface area contributed by atoms with Crippen molar-refractivity contribution in [3.05, 3.63) is 67.0 Å². The Morgan fingerprint density at radius 1 is 1.15 bits per heavy atom. The zero-order valence-electron chi connectivity index (χ0n) is 19.0. The molecule has 1 aromatic carbocycles. The Balaban J connectivity index is 1.60. The maximum absolute atomic E-state index is 13.4. The van der Waals surface area contributed by atoms with E-state index in [2.05, 4.69) is 11.6 Å². The van der Waals surface area contributed by atoms with Gasteiger partial charge in [-0.3, -0.25) is 19.4 Å². The van der Waals surface area contributed by atoms with Crippen LogP contribution in [0.3, 0.4) is 0 Å². The molecule has 7 heteroatoms. The number of carbonyl (C=O) groups is 3. The van der Waals surface area contributed by atoms with Gasteiger partial charge in [-0.25, -0.2) is 0 Å². The number of pyridine rings is 1. The maximum Gasteiger partial charge on any atom is 0.228 e. The van der Waals surface area contributed by atoms with E-state index in [0.29, 0.717) is 39.1 Å². The van der Waals surface area contributed by atoms with Gasteiger partial charge >= 0.3 is 0 Å². The molecular formula is C26H30N4O3. The molecule has 3 amide bonds. The van der Waals surface area contributed by atoms with Crippen molar-refractivity contribution < 1.29 is 14.4 Å². The van der Waals surface area contributed by atoms with Gasteiger partial charge in [-0.2, -0.15) is 0 Å². The Hall–Kier alpha value is -3.48. The van der Waals surface area contributed by atoms with Crippen molar-refractivity contribution in [2.24, 2.45) is 11.8 Å². The highest BCUT2D eigenvalue weighted by Gasteiger charge is 2.38. The summed E-state index contributed by atoms with van der Waals surface area (Å²) >= 11 is 0. The Bertz CT molecular complexity index is 1040. The third-order valence-electron chi connectivity index (χ3n) is 6.55. The smallest absolute Gasteiger partial charge is 0.228 e. The molecule has 0 N–H and O–H groups in total. The van der Waals surface area contributed by atoms with Crippen LogP contribution in [0.1, 0.15) is 12.0 Å². The molecule has 0 aliphatic carbocycles. The van der Waals surface area contributed by atoms with E-state index >= 15 is 0 Å². The molecule has 2 aromatic rings. The molecule has 1 aromatic heterocycles. The lowest BCUT2D eigenvalue weighted by atomic mass is 9.91. The minimum Gasteiger partial charge on any atom is -0.345 e. The lowest BCUT2D eigenvalue weighted by Crippen LogP contribution is -2.41. The van der Waals surface area contributed by atoms with Gasteiger partial charge in [0.05, 0.1) is 11.8 Å². The van der Waals surface area contributed by atoms with Crippen LogP contribution < -0.4 is 0 Å². The number of likely N-dealkylation sites (tertiary alicyclic amines) is 1. The second-order valence-corrected chi connectivity index (χ2v) is 8.83. The van der Waals surface area contributed by atoms with E-state index in [1.165, 1.54) is 0 Å². The number of carbonyl (C=O) groups excluding carboxylic acids is 3. The molecule has 3 heterocycles. The summed E-state index contributed by atoms with van der Waals surface area (Å²) in [4.78, 5) is 48.1. The molecule has 4 rings (SSSR count). The summed E-state index contributed by atoms with van der Waals surface area (Å²) in [7, 11) is 1.73. The van der Waals surface area contributed by atoms with Gasteiger partial charge in [0.25, 0.3) is 0 Å². The molecule has 0 saturated carbocycles. The van der Waals surface area contributed by atoms with Crippen LogP contribution in [-0.4, -0.2) is 77.2 Å². The monoisotopic (exact) mass is 446 g/mol. The number of rotatable bonds is 6. The summed E-state index contributed by atoms with van der Waals surface area (Å²) in [5.74, 6) is -0.720. The van der Waals surface area contributed by atoms with Crippen LogP contribution in [0, 0.1) is 11.8 Å². The normalized spacial score (nSPS) is 21.3. The third kappa shape index (κ3) is 4.97. The fourth-order valence-electron chi connectivity index (χ4n) is 4.79. The number of amides is 3. The zero-order valence-corrected chi connectivity index (χ0v) is 19.0. The van der Waals surface area contributed by atoms with Gasteiger partial charge in [-0.1, -0.05) is 36.4 Å². The summed E-state index contributed by atoms with van der Waals surface area (Å²) in [6.45, 7) is 5.96. The van der Waals surface area contributed by atoms with Crippen molar-refractivity contribution in [2.45, 2.75) is 12.8 Å². The molecule has 2 aliphatic heterocycles. The first-order chi connectivity index (χ1) is 16.0. The minimum atomic E-state index is -0.371. The van der Waals surface area contributed by atoms with Crippen molar-refractivity contribution in [1.29, 1.82) is 0 Å². The van der Waals surface area contributed by atoms with Gasteiger partial charge in [0.1, 0.15) is 0 Å². The van der Waals surface area contributed by atoms with Crippen LogP contribution >= 0.6 is 0 Å². The predicted octanol–water partition coefficient (Wildman–Crippen LogP) is 2.24. The zero-order chi connectivity index (χ0) is 23.4. The van der Waals surface area contributed by atoms with E-state index in [9.17, 15) is 14.4 Å². The average molecular weight is 447 g/mol. The molecule has 172 valence electrons. The molecule has 2 fully saturated rings. The van der Waals surface area contributed by atoms with Crippen molar-refractivity contribution in [2.75, 3.05) is 39.8 Å². The van der Waals surface area contributed by atoms with E-state index in [1.807, 2.05) is 42.6 Å². The van der Waals surface area contributed by atoms with E-state index in [1.54, 1.807) is 34.0 Å². The van der Waals surface area contributed by atoms with Gasteiger partial charge in [-0.05, 0) is 23.6 Å². The molecular weight excluding hydrogens is 416 g/mol. The van der Waals surface area contributed by atoms with Crippen LogP contribution in [0.2, 0.25) is 0 Å². The van der Waals surface area contributed by atoms with Crippen molar-refractivity contribution in [3.63, 3.8) is 0 Å². The fourth-order valence-corrected chi connectivity index (χ4v) is 4.79. The third-order valence-corrected chi connectivity index (χ3v) is 6.55. The van der Waals surface area contributed by atoms with Gasteiger partial charge in [0, 0.05) is 64.1 Å². The van der Waals surface area contributed by atoms with Crippen molar-refractivity contribution >= 4 is 17.7 Å². The topological polar surface area (TPSA) is 73.8 Å².